The van der Waals surface area contributed by atoms with E-state index in [1.54, 1.807) is 24.8 Å². The number of aliphatic carboxylic acids is 1. The molecule has 0 fully saturated rings. The number of anilines is 1. The molecule has 0 saturated heterocycles. The summed E-state index contributed by atoms with van der Waals surface area (Å²) >= 11 is 0. The van der Waals surface area contributed by atoms with Crippen LogP contribution in [0.3, 0.4) is 0 Å². The molecule has 0 aliphatic carbocycles. The molecule has 0 saturated carbocycles. The lowest BCUT2D eigenvalue weighted by atomic mass is 10.1. The Hall–Kier alpha value is -1.95. The molecule has 0 bridgehead atoms. The van der Waals surface area contributed by atoms with E-state index in [0.29, 0.717) is 18.8 Å². The number of amides is 1. The van der Waals surface area contributed by atoms with Gasteiger partial charge in [-0.3, -0.25) is 14.5 Å². The molecule has 0 heterocycles. The maximum atomic E-state index is 13.2. The van der Waals surface area contributed by atoms with Crippen LogP contribution in [0.4, 0.5) is 10.1 Å². The Balaban J connectivity index is 2.62. The van der Waals surface area contributed by atoms with Gasteiger partial charge in [-0.15, -0.1) is 0 Å². The van der Waals surface area contributed by atoms with Gasteiger partial charge in [-0.25, -0.2) is 4.39 Å². The standard InChI is InChI=1S/C15H21FN2O3/c1-4-18(8-11(3)15(20)21)9-14(19)17-13-7-12(16)6-5-10(13)2/h5-7,11H,4,8-9H2,1-3H3,(H,17,19)(H,20,21). The second-order valence-electron chi connectivity index (χ2n) is 5.07. The number of rotatable bonds is 7. The molecular formula is C15H21FN2O3. The molecule has 0 aliphatic rings. The van der Waals surface area contributed by atoms with Crippen molar-refractivity contribution in [1.29, 1.82) is 0 Å². The molecule has 5 nitrogen and oxygen atoms in total. The van der Waals surface area contributed by atoms with Crippen molar-refractivity contribution in [2.24, 2.45) is 5.92 Å². The molecule has 1 rings (SSSR count). The summed E-state index contributed by atoms with van der Waals surface area (Å²) in [6.45, 7) is 6.16. The monoisotopic (exact) mass is 296 g/mol. The van der Waals surface area contributed by atoms with Crippen molar-refractivity contribution in [3.8, 4) is 0 Å². The van der Waals surface area contributed by atoms with Crippen LogP contribution < -0.4 is 5.32 Å². The van der Waals surface area contributed by atoms with Gasteiger partial charge in [-0.1, -0.05) is 19.9 Å². The summed E-state index contributed by atoms with van der Waals surface area (Å²) in [5.41, 5.74) is 1.20. The smallest absolute Gasteiger partial charge is 0.307 e. The third kappa shape index (κ3) is 5.51. The number of nitrogens with zero attached hydrogens (tertiary/aromatic N) is 1. The van der Waals surface area contributed by atoms with Crippen molar-refractivity contribution >= 4 is 17.6 Å². The Morgan fingerprint density at radius 3 is 2.67 bits per heavy atom. The van der Waals surface area contributed by atoms with Gasteiger partial charge in [-0.2, -0.15) is 0 Å². The number of carbonyl (C=O) groups is 2. The molecular weight excluding hydrogens is 275 g/mol. The first kappa shape index (κ1) is 17.1. The van der Waals surface area contributed by atoms with Gasteiger partial charge in [0.05, 0.1) is 12.5 Å². The Morgan fingerprint density at radius 2 is 2.10 bits per heavy atom. The predicted octanol–water partition coefficient (Wildman–Crippen LogP) is 2.12. The van der Waals surface area contributed by atoms with Crippen LogP contribution in [0.25, 0.3) is 0 Å². The van der Waals surface area contributed by atoms with Crippen LogP contribution in [-0.2, 0) is 9.59 Å². The van der Waals surface area contributed by atoms with Crippen LogP contribution in [0, 0.1) is 18.7 Å². The van der Waals surface area contributed by atoms with Gasteiger partial charge >= 0.3 is 5.97 Å². The summed E-state index contributed by atoms with van der Waals surface area (Å²) in [6.07, 6.45) is 0. The summed E-state index contributed by atoms with van der Waals surface area (Å²) in [5.74, 6) is -2.14. The maximum Gasteiger partial charge on any atom is 0.307 e. The van der Waals surface area contributed by atoms with Crippen LogP contribution in [0.5, 0.6) is 0 Å². The minimum Gasteiger partial charge on any atom is -0.481 e. The highest BCUT2D eigenvalue weighted by Gasteiger charge is 2.17. The van der Waals surface area contributed by atoms with Crippen LogP contribution >= 0.6 is 0 Å². The van der Waals surface area contributed by atoms with Crippen molar-refractivity contribution in [2.75, 3.05) is 25.0 Å². The van der Waals surface area contributed by atoms with Gasteiger partial charge in [0.15, 0.2) is 0 Å². The lowest BCUT2D eigenvalue weighted by Crippen LogP contribution is -2.37. The number of hydrogen-bond acceptors (Lipinski definition) is 3. The number of likely N-dealkylation sites (N-methyl/N-ethyl adjacent to an activating group) is 1. The first-order chi connectivity index (χ1) is 9.83. The molecule has 116 valence electrons. The fourth-order valence-corrected chi connectivity index (χ4v) is 1.89. The van der Waals surface area contributed by atoms with E-state index < -0.39 is 17.7 Å². The predicted molar refractivity (Wildman–Crippen MR) is 78.7 cm³/mol. The van der Waals surface area contributed by atoms with Crippen molar-refractivity contribution in [1.82, 2.24) is 4.90 Å². The second kappa shape index (κ2) is 7.73. The fraction of sp³-hybridized carbons (Fsp3) is 0.467. The first-order valence-corrected chi connectivity index (χ1v) is 6.84. The topological polar surface area (TPSA) is 69.6 Å². The van der Waals surface area contributed by atoms with Crippen LogP contribution in [0.2, 0.25) is 0 Å². The Bertz CT molecular complexity index is 520. The highest BCUT2D eigenvalue weighted by Crippen LogP contribution is 2.15. The summed E-state index contributed by atoms with van der Waals surface area (Å²) in [7, 11) is 0. The van der Waals surface area contributed by atoms with Gasteiger partial charge in [0, 0.05) is 12.2 Å². The van der Waals surface area contributed by atoms with Crippen molar-refractivity contribution in [2.45, 2.75) is 20.8 Å². The minimum atomic E-state index is -0.894. The SMILES string of the molecule is CCN(CC(=O)Nc1cc(F)ccc1C)CC(C)C(=O)O. The Labute approximate surface area is 123 Å². The van der Waals surface area contributed by atoms with E-state index >= 15 is 0 Å². The quantitative estimate of drug-likeness (QED) is 0.808. The van der Waals surface area contributed by atoms with Crippen LogP contribution in [0.15, 0.2) is 18.2 Å². The fourth-order valence-electron chi connectivity index (χ4n) is 1.89. The van der Waals surface area contributed by atoms with E-state index in [1.807, 2.05) is 6.92 Å². The van der Waals surface area contributed by atoms with E-state index in [1.165, 1.54) is 12.1 Å². The molecule has 1 aromatic carbocycles. The third-order valence-electron chi connectivity index (χ3n) is 3.24. The minimum absolute atomic E-state index is 0.0735. The molecule has 2 N–H and O–H groups in total. The molecule has 0 aliphatic heterocycles. The van der Waals surface area contributed by atoms with E-state index in [-0.39, 0.29) is 12.5 Å². The number of carboxylic acids is 1. The van der Waals surface area contributed by atoms with Gasteiger partial charge < -0.3 is 10.4 Å². The summed E-state index contributed by atoms with van der Waals surface area (Å²) in [5, 5.41) is 11.5. The number of benzene rings is 1. The van der Waals surface area contributed by atoms with E-state index in [4.69, 9.17) is 5.11 Å². The first-order valence-electron chi connectivity index (χ1n) is 6.84. The molecule has 6 heteroatoms. The molecule has 1 unspecified atom stereocenters. The average molecular weight is 296 g/mol. The number of halogens is 1. The van der Waals surface area contributed by atoms with E-state index in [2.05, 4.69) is 5.32 Å². The zero-order valence-corrected chi connectivity index (χ0v) is 12.5. The number of hydrogen-bond donors (Lipinski definition) is 2. The Kier molecular flexibility index (Phi) is 6.30. The number of carboxylic acid groups (broad SMARTS) is 1. The van der Waals surface area contributed by atoms with Gasteiger partial charge in [0.1, 0.15) is 5.82 Å². The van der Waals surface area contributed by atoms with Gasteiger partial charge in [0.2, 0.25) is 5.91 Å². The van der Waals surface area contributed by atoms with Crippen molar-refractivity contribution in [3.05, 3.63) is 29.6 Å². The second-order valence-corrected chi connectivity index (χ2v) is 5.07. The summed E-state index contributed by atoms with van der Waals surface area (Å²) < 4.78 is 13.2. The highest BCUT2D eigenvalue weighted by molar-refractivity contribution is 5.93. The number of aryl methyl sites for hydroxylation is 1. The molecule has 0 spiro atoms. The normalized spacial score (nSPS) is 12.2. The maximum absolute atomic E-state index is 13.2. The van der Waals surface area contributed by atoms with Gasteiger partial charge in [-0.05, 0) is 31.2 Å². The molecule has 1 amide bonds. The molecule has 1 aromatic rings. The molecule has 0 aromatic heterocycles. The van der Waals surface area contributed by atoms with Crippen LogP contribution in [-0.4, -0.2) is 41.5 Å². The lowest BCUT2D eigenvalue weighted by Gasteiger charge is -2.22. The molecule has 0 radical (unpaired) electrons. The third-order valence-corrected chi connectivity index (χ3v) is 3.24. The zero-order chi connectivity index (χ0) is 16.0. The summed E-state index contributed by atoms with van der Waals surface area (Å²) in [4.78, 5) is 24.6. The summed E-state index contributed by atoms with van der Waals surface area (Å²) in [6, 6.07) is 4.19. The van der Waals surface area contributed by atoms with E-state index in [9.17, 15) is 14.0 Å². The number of nitrogens with one attached hydrogen (secondary N) is 1. The van der Waals surface area contributed by atoms with Crippen molar-refractivity contribution in [3.63, 3.8) is 0 Å². The zero-order valence-electron chi connectivity index (χ0n) is 12.5. The van der Waals surface area contributed by atoms with Gasteiger partial charge in [0.25, 0.3) is 0 Å². The number of carbonyl (C=O) groups excluding carboxylic acids is 1. The van der Waals surface area contributed by atoms with Crippen molar-refractivity contribution < 1.29 is 19.1 Å². The molecule has 21 heavy (non-hydrogen) atoms. The lowest BCUT2D eigenvalue weighted by molar-refractivity contribution is -0.142. The van der Waals surface area contributed by atoms with Crippen LogP contribution in [0.1, 0.15) is 19.4 Å². The highest BCUT2D eigenvalue weighted by atomic mass is 19.1. The largest absolute Gasteiger partial charge is 0.481 e. The Morgan fingerprint density at radius 1 is 1.43 bits per heavy atom. The van der Waals surface area contributed by atoms with E-state index in [0.717, 1.165) is 5.56 Å². The average Bonchev–Trinajstić information content (AvgIpc) is 2.41. The molecule has 1 atom stereocenters.